The molecule has 1 fully saturated rings. The molecule has 0 unspecified atom stereocenters. The number of ether oxygens (including phenoxy) is 3. The summed E-state index contributed by atoms with van der Waals surface area (Å²) in [6, 6.07) is 5.87. The average Bonchev–Trinajstić information content (AvgIpc) is 3.27. The van der Waals surface area contributed by atoms with Crippen LogP contribution in [0.25, 0.3) is 0 Å². The van der Waals surface area contributed by atoms with Gasteiger partial charge in [-0.15, -0.1) is 0 Å². The van der Waals surface area contributed by atoms with Gasteiger partial charge in [0, 0.05) is 32.2 Å². The summed E-state index contributed by atoms with van der Waals surface area (Å²) in [7, 11) is 3.35. The standard InChI is InChI=1S/C24H42N2O4/c1-18(2)8-10-20(25)24(27)21(26-12-5-6-13-26)16-19-9-11-22(29-4)23(17-19)30-15-7-14-28-3/h9,11,17-18,20-21,24,27H,5-8,10,12-16,25H2,1-4H3/t20-,21-,24-/m0/s1. The first-order valence-corrected chi connectivity index (χ1v) is 11.4. The number of nitrogens with zero attached hydrogens (tertiary/aromatic N) is 1. The van der Waals surface area contributed by atoms with Gasteiger partial charge in [-0.05, 0) is 68.8 Å². The van der Waals surface area contributed by atoms with E-state index in [0.29, 0.717) is 19.1 Å². The van der Waals surface area contributed by atoms with Gasteiger partial charge in [0.15, 0.2) is 11.5 Å². The fourth-order valence-electron chi connectivity index (χ4n) is 4.11. The lowest BCUT2D eigenvalue weighted by Crippen LogP contribution is -2.51. The highest BCUT2D eigenvalue weighted by Crippen LogP contribution is 2.30. The molecule has 0 saturated carbocycles. The minimum atomic E-state index is -0.546. The second-order valence-electron chi connectivity index (χ2n) is 8.82. The minimum absolute atomic E-state index is 0.0180. The second kappa shape index (κ2) is 13.2. The largest absolute Gasteiger partial charge is 0.493 e. The van der Waals surface area contributed by atoms with Gasteiger partial charge in [-0.1, -0.05) is 19.9 Å². The van der Waals surface area contributed by atoms with Crippen LogP contribution in [-0.4, -0.2) is 68.7 Å². The third kappa shape index (κ3) is 7.73. The molecule has 30 heavy (non-hydrogen) atoms. The van der Waals surface area contributed by atoms with E-state index in [2.05, 4.69) is 24.8 Å². The van der Waals surface area contributed by atoms with Crippen molar-refractivity contribution in [3.63, 3.8) is 0 Å². The Morgan fingerprint density at radius 3 is 2.43 bits per heavy atom. The highest BCUT2D eigenvalue weighted by Gasteiger charge is 2.32. The maximum atomic E-state index is 11.1. The van der Waals surface area contributed by atoms with Crippen molar-refractivity contribution < 1.29 is 19.3 Å². The van der Waals surface area contributed by atoms with Crippen LogP contribution in [0.3, 0.4) is 0 Å². The van der Waals surface area contributed by atoms with Crippen molar-refractivity contribution in [3.05, 3.63) is 23.8 Å². The molecular formula is C24H42N2O4. The van der Waals surface area contributed by atoms with Gasteiger partial charge in [0.05, 0.1) is 19.8 Å². The molecule has 0 radical (unpaired) electrons. The van der Waals surface area contributed by atoms with Gasteiger partial charge < -0.3 is 25.1 Å². The smallest absolute Gasteiger partial charge is 0.161 e. The molecule has 6 nitrogen and oxygen atoms in total. The molecule has 1 saturated heterocycles. The summed E-state index contributed by atoms with van der Waals surface area (Å²) in [6.45, 7) is 7.68. The van der Waals surface area contributed by atoms with Gasteiger partial charge in [0.25, 0.3) is 0 Å². The van der Waals surface area contributed by atoms with Gasteiger partial charge in [-0.25, -0.2) is 0 Å². The Balaban J connectivity index is 2.11. The number of aliphatic hydroxyl groups is 1. The van der Waals surface area contributed by atoms with E-state index < -0.39 is 6.10 Å². The lowest BCUT2D eigenvalue weighted by atomic mass is 9.91. The van der Waals surface area contributed by atoms with E-state index in [9.17, 15) is 5.11 Å². The summed E-state index contributed by atoms with van der Waals surface area (Å²) in [4.78, 5) is 2.41. The first kappa shape index (κ1) is 24.9. The van der Waals surface area contributed by atoms with Gasteiger partial charge in [0.1, 0.15) is 0 Å². The minimum Gasteiger partial charge on any atom is -0.493 e. The Hall–Kier alpha value is -1.34. The summed E-state index contributed by atoms with van der Waals surface area (Å²) < 4.78 is 16.5. The number of benzene rings is 1. The topological polar surface area (TPSA) is 77.2 Å². The van der Waals surface area contributed by atoms with Crippen LogP contribution >= 0.6 is 0 Å². The highest BCUT2D eigenvalue weighted by atomic mass is 16.5. The van der Waals surface area contributed by atoms with Crippen molar-refractivity contribution in [2.75, 3.05) is 40.5 Å². The van der Waals surface area contributed by atoms with Crippen molar-refractivity contribution >= 4 is 0 Å². The van der Waals surface area contributed by atoms with Crippen molar-refractivity contribution in [1.29, 1.82) is 0 Å². The summed E-state index contributed by atoms with van der Waals surface area (Å²) in [5.74, 6) is 2.06. The second-order valence-corrected chi connectivity index (χ2v) is 8.82. The number of aliphatic hydroxyl groups excluding tert-OH is 1. The van der Waals surface area contributed by atoms with Crippen molar-refractivity contribution in [3.8, 4) is 11.5 Å². The first-order valence-electron chi connectivity index (χ1n) is 11.4. The monoisotopic (exact) mass is 422 g/mol. The zero-order valence-corrected chi connectivity index (χ0v) is 19.3. The number of rotatable bonds is 14. The maximum Gasteiger partial charge on any atom is 0.161 e. The lowest BCUT2D eigenvalue weighted by molar-refractivity contribution is 0.0399. The Kier molecular flexibility index (Phi) is 10.9. The van der Waals surface area contributed by atoms with E-state index in [0.717, 1.165) is 55.8 Å². The number of nitrogens with two attached hydrogens (primary N) is 1. The van der Waals surface area contributed by atoms with E-state index in [1.807, 2.05) is 12.1 Å². The molecule has 0 aromatic heterocycles. The van der Waals surface area contributed by atoms with E-state index >= 15 is 0 Å². The van der Waals surface area contributed by atoms with Crippen LogP contribution in [0.5, 0.6) is 11.5 Å². The Morgan fingerprint density at radius 2 is 1.80 bits per heavy atom. The lowest BCUT2D eigenvalue weighted by Gasteiger charge is -2.35. The van der Waals surface area contributed by atoms with Crippen molar-refractivity contribution in [2.24, 2.45) is 11.7 Å². The van der Waals surface area contributed by atoms with Crippen LogP contribution in [-0.2, 0) is 11.2 Å². The van der Waals surface area contributed by atoms with E-state index in [1.54, 1.807) is 14.2 Å². The van der Waals surface area contributed by atoms with Crippen LogP contribution in [0.4, 0.5) is 0 Å². The normalized spacial score (nSPS) is 17.8. The zero-order valence-electron chi connectivity index (χ0n) is 19.3. The van der Waals surface area contributed by atoms with Crippen molar-refractivity contribution in [2.45, 2.75) is 70.6 Å². The zero-order chi connectivity index (χ0) is 21.9. The molecule has 6 heteroatoms. The molecule has 3 atom stereocenters. The number of hydrogen-bond acceptors (Lipinski definition) is 6. The van der Waals surface area contributed by atoms with Crippen LogP contribution in [0.2, 0.25) is 0 Å². The summed E-state index contributed by atoms with van der Waals surface area (Å²) in [5, 5.41) is 11.1. The van der Waals surface area contributed by atoms with Gasteiger partial charge >= 0.3 is 0 Å². The summed E-state index contributed by atoms with van der Waals surface area (Å²) in [5.41, 5.74) is 7.55. The van der Waals surface area contributed by atoms with Crippen molar-refractivity contribution in [1.82, 2.24) is 4.90 Å². The fraction of sp³-hybridized carbons (Fsp3) is 0.750. The molecule has 0 aliphatic carbocycles. The number of hydrogen-bond donors (Lipinski definition) is 2. The molecule has 1 aromatic carbocycles. The Morgan fingerprint density at radius 1 is 1.07 bits per heavy atom. The van der Waals surface area contributed by atoms with E-state index in [1.165, 1.54) is 12.8 Å². The average molecular weight is 423 g/mol. The Labute approximate surface area is 182 Å². The van der Waals surface area contributed by atoms with E-state index in [4.69, 9.17) is 19.9 Å². The van der Waals surface area contributed by atoms with Crippen LogP contribution in [0.1, 0.15) is 51.5 Å². The predicted molar refractivity (Wildman–Crippen MR) is 121 cm³/mol. The number of methoxy groups -OCH3 is 2. The molecule has 2 rings (SSSR count). The highest BCUT2D eigenvalue weighted by molar-refractivity contribution is 5.43. The molecular weight excluding hydrogens is 380 g/mol. The fourth-order valence-corrected chi connectivity index (χ4v) is 4.11. The molecule has 1 aromatic rings. The van der Waals surface area contributed by atoms with Crippen LogP contribution in [0, 0.1) is 5.92 Å². The van der Waals surface area contributed by atoms with Crippen LogP contribution in [0.15, 0.2) is 18.2 Å². The third-order valence-corrected chi connectivity index (χ3v) is 5.94. The molecule has 0 spiro atoms. The maximum absolute atomic E-state index is 11.1. The van der Waals surface area contributed by atoms with Crippen LogP contribution < -0.4 is 15.2 Å². The SMILES string of the molecule is COCCCOc1cc(C[C@@H]([C@@H](O)[C@@H](N)CCC(C)C)N2CCCC2)ccc1OC. The molecule has 1 aliphatic heterocycles. The summed E-state index contributed by atoms with van der Waals surface area (Å²) >= 11 is 0. The van der Waals surface area contributed by atoms with Gasteiger partial charge in [0.2, 0.25) is 0 Å². The third-order valence-electron chi connectivity index (χ3n) is 5.94. The quantitative estimate of drug-likeness (QED) is 0.448. The number of likely N-dealkylation sites (tertiary alicyclic amines) is 1. The first-order chi connectivity index (χ1) is 14.5. The molecule has 0 bridgehead atoms. The molecule has 1 aliphatic rings. The van der Waals surface area contributed by atoms with Gasteiger partial charge in [-0.3, -0.25) is 4.90 Å². The predicted octanol–water partition coefficient (Wildman–Crippen LogP) is 3.24. The molecule has 1 heterocycles. The molecule has 0 amide bonds. The Bertz CT molecular complexity index is 605. The molecule has 3 N–H and O–H groups in total. The van der Waals surface area contributed by atoms with Gasteiger partial charge in [-0.2, -0.15) is 0 Å². The summed E-state index contributed by atoms with van der Waals surface area (Å²) in [6.07, 6.45) is 5.27. The van der Waals surface area contributed by atoms with E-state index in [-0.39, 0.29) is 12.1 Å². The molecule has 172 valence electrons.